The molecule has 0 aliphatic carbocycles. The number of nitrogens with one attached hydrogen (secondary N) is 2. The van der Waals surface area contributed by atoms with E-state index in [1.54, 1.807) is 55.5 Å². The Morgan fingerprint density at radius 2 is 1.55 bits per heavy atom. The lowest BCUT2D eigenvalue weighted by atomic mass is 10.2. The first-order valence-electron chi connectivity index (χ1n) is 9.31. The van der Waals surface area contributed by atoms with E-state index in [0.717, 1.165) is 11.0 Å². The second-order valence-corrected chi connectivity index (χ2v) is 7.33. The molecular weight excluding hydrogens is 420 g/mol. The van der Waals surface area contributed by atoms with E-state index in [9.17, 15) is 19.2 Å². The van der Waals surface area contributed by atoms with Crippen molar-refractivity contribution in [2.45, 2.75) is 18.7 Å². The van der Waals surface area contributed by atoms with Crippen LogP contribution in [-0.2, 0) is 19.1 Å². The Hall–Kier alpha value is -3.59. The maximum absolute atomic E-state index is 12.1. The molecule has 0 bridgehead atoms. The van der Waals surface area contributed by atoms with Crippen LogP contribution in [0.1, 0.15) is 24.2 Å². The predicted octanol–water partition coefficient (Wildman–Crippen LogP) is 3.56. The van der Waals surface area contributed by atoms with Crippen molar-refractivity contribution in [2.75, 3.05) is 23.0 Å². The van der Waals surface area contributed by atoms with Gasteiger partial charge in [0.2, 0.25) is 11.8 Å². The van der Waals surface area contributed by atoms with E-state index in [1.807, 2.05) is 0 Å². The molecule has 2 aromatic carbocycles. The summed E-state index contributed by atoms with van der Waals surface area (Å²) in [5.74, 6) is -2.14. The molecule has 0 heterocycles. The van der Waals surface area contributed by atoms with Crippen LogP contribution in [0.25, 0.3) is 0 Å². The summed E-state index contributed by atoms with van der Waals surface area (Å²) >= 11 is 1.32. The summed E-state index contributed by atoms with van der Waals surface area (Å²) in [4.78, 5) is 47.1. The number of esters is 1. The van der Waals surface area contributed by atoms with Crippen LogP contribution >= 0.6 is 11.8 Å². The number of ether oxygens (including phenoxy) is 1. The topological polar surface area (TPSA) is 122 Å². The van der Waals surface area contributed by atoms with Crippen LogP contribution < -0.4 is 10.6 Å². The SMILES string of the molecule is CCOC(=O)c1ccc(NC(=O)CSc2ccc(NC(=O)C=C(C)C(=O)O)cc2)cc1. The number of carbonyl (C=O) groups is 4. The number of aliphatic carboxylic acids is 1. The van der Waals surface area contributed by atoms with Crippen molar-refractivity contribution in [1.29, 1.82) is 0 Å². The molecule has 2 aromatic rings. The van der Waals surface area contributed by atoms with Gasteiger partial charge in [0, 0.05) is 27.9 Å². The lowest BCUT2D eigenvalue weighted by Crippen LogP contribution is -2.14. The molecule has 2 rings (SSSR count). The summed E-state index contributed by atoms with van der Waals surface area (Å²) in [6.45, 7) is 3.36. The lowest BCUT2D eigenvalue weighted by Gasteiger charge is -2.07. The monoisotopic (exact) mass is 442 g/mol. The molecule has 0 saturated carbocycles. The first-order valence-corrected chi connectivity index (χ1v) is 10.3. The molecule has 2 amide bonds. The summed E-state index contributed by atoms with van der Waals surface area (Å²) in [6, 6.07) is 13.2. The molecule has 0 fully saturated rings. The fourth-order valence-corrected chi connectivity index (χ4v) is 3.02. The number of benzene rings is 2. The third-order valence-corrected chi connectivity index (χ3v) is 4.87. The summed E-state index contributed by atoms with van der Waals surface area (Å²) in [6.07, 6.45) is 1.01. The van der Waals surface area contributed by atoms with E-state index in [-0.39, 0.29) is 17.2 Å². The summed E-state index contributed by atoms with van der Waals surface area (Å²) in [7, 11) is 0. The highest BCUT2D eigenvalue weighted by Crippen LogP contribution is 2.21. The molecular formula is C22H22N2O6S. The van der Waals surface area contributed by atoms with Gasteiger partial charge in [0.15, 0.2) is 0 Å². The smallest absolute Gasteiger partial charge is 0.338 e. The molecule has 0 aromatic heterocycles. The first kappa shape index (κ1) is 23.7. The Labute approximate surface area is 183 Å². The van der Waals surface area contributed by atoms with Crippen LogP contribution in [0.2, 0.25) is 0 Å². The molecule has 8 nitrogen and oxygen atoms in total. The zero-order valence-electron chi connectivity index (χ0n) is 17.0. The molecule has 0 spiro atoms. The van der Waals surface area contributed by atoms with Crippen molar-refractivity contribution in [3.63, 3.8) is 0 Å². The van der Waals surface area contributed by atoms with E-state index in [1.165, 1.54) is 18.7 Å². The highest BCUT2D eigenvalue weighted by Gasteiger charge is 2.08. The number of carboxylic acids is 1. The van der Waals surface area contributed by atoms with Gasteiger partial charge in [0.1, 0.15) is 0 Å². The minimum atomic E-state index is -1.16. The number of carbonyl (C=O) groups excluding carboxylic acids is 3. The maximum Gasteiger partial charge on any atom is 0.338 e. The second kappa shape index (κ2) is 11.6. The Morgan fingerprint density at radius 1 is 0.968 bits per heavy atom. The van der Waals surface area contributed by atoms with Crippen molar-refractivity contribution < 1.29 is 29.0 Å². The Morgan fingerprint density at radius 3 is 2.13 bits per heavy atom. The quantitative estimate of drug-likeness (QED) is 0.308. The van der Waals surface area contributed by atoms with Gasteiger partial charge in [-0.2, -0.15) is 0 Å². The van der Waals surface area contributed by atoms with Crippen molar-refractivity contribution in [2.24, 2.45) is 0 Å². The van der Waals surface area contributed by atoms with Crippen LogP contribution in [0.15, 0.2) is 65.1 Å². The average molecular weight is 442 g/mol. The van der Waals surface area contributed by atoms with Gasteiger partial charge in [0.25, 0.3) is 0 Å². The Kier molecular flexibility index (Phi) is 8.83. The van der Waals surface area contributed by atoms with Crippen molar-refractivity contribution in [1.82, 2.24) is 0 Å². The fourth-order valence-electron chi connectivity index (χ4n) is 2.32. The summed E-state index contributed by atoms with van der Waals surface area (Å²) in [5, 5.41) is 14.1. The van der Waals surface area contributed by atoms with Crippen LogP contribution in [0.5, 0.6) is 0 Å². The Bertz CT molecular complexity index is 984. The van der Waals surface area contributed by atoms with E-state index in [0.29, 0.717) is 23.5 Å². The third-order valence-electron chi connectivity index (χ3n) is 3.86. The average Bonchev–Trinajstić information content (AvgIpc) is 2.73. The van der Waals surface area contributed by atoms with Gasteiger partial charge in [-0.05, 0) is 62.4 Å². The zero-order chi connectivity index (χ0) is 22.8. The zero-order valence-corrected chi connectivity index (χ0v) is 17.8. The molecule has 9 heteroatoms. The molecule has 0 radical (unpaired) electrons. The van der Waals surface area contributed by atoms with E-state index in [4.69, 9.17) is 9.84 Å². The van der Waals surface area contributed by atoms with Crippen LogP contribution in [0.3, 0.4) is 0 Å². The highest BCUT2D eigenvalue weighted by molar-refractivity contribution is 8.00. The van der Waals surface area contributed by atoms with E-state index >= 15 is 0 Å². The lowest BCUT2D eigenvalue weighted by molar-refractivity contribution is -0.132. The van der Waals surface area contributed by atoms with E-state index in [2.05, 4.69) is 10.6 Å². The van der Waals surface area contributed by atoms with Crippen molar-refractivity contribution >= 4 is 46.9 Å². The molecule has 0 aliphatic heterocycles. The Balaban J connectivity index is 1.83. The summed E-state index contributed by atoms with van der Waals surface area (Å²) in [5.41, 5.74) is 1.43. The van der Waals surface area contributed by atoms with Gasteiger partial charge in [-0.15, -0.1) is 11.8 Å². The molecule has 0 atom stereocenters. The number of thioether (sulfide) groups is 1. The van der Waals surface area contributed by atoms with Crippen LogP contribution in [0.4, 0.5) is 11.4 Å². The normalized spacial score (nSPS) is 10.8. The van der Waals surface area contributed by atoms with Gasteiger partial charge in [0.05, 0.1) is 17.9 Å². The van der Waals surface area contributed by atoms with Gasteiger partial charge in [-0.3, -0.25) is 9.59 Å². The fraction of sp³-hybridized carbons (Fsp3) is 0.182. The van der Waals surface area contributed by atoms with Crippen molar-refractivity contribution in [3.05, 3.63) is 65.7 Å². The molecule has 0 aliphatic rings. The number of rotatable bonds is 9. The minimum Gasteiger partial charge on any atom is -0.478 e. The molecule has 0 saturated heterocycles. The summed E-state index contributed by atoms with van der Waals surface area (Å²) < 4.78 is 4.91. The van der Waals surface area contributed by atoms with Crippen LogP contribution in [0, 0.1) is 0 Å². The predicted molar refractivity (Wildman–Crippen MR) is 118 cm³/mol. The third kappa shape index (κ3) is 7.98. The number of hydrogen-bond donors (Lipinski definition) is 3. The van der Waals surface area contributed by atoms with Gasteiger partial charge in [-0.1, -0.05) is 0 Å². The molecule has 0 unspecified atom stereocenters. The van der Waals surface area contributed by atoms with Gasteiger partial charge >= 0.3 is 11.9 Å². The van der Waals surface area contributed by atoms with Gasteiger partial charge < -0.3 is 20.5 Å². The molecule has 162 valence electrons. The van der Waals surface area contributed by atoms with Crippen LogP contribution in [-0.4, -0.2) is 41.2 Å². The highest BCUT2D eigenvalue weighted by atomic mass is 32.2. The number of amides is 2. The molecule has 31 heavy (non-hydrogen) atoms. The molecule has 3 N–H and O–H groups in total. The second-order valence-electron chi connectivity index (χ2n) is 6.28. The number of carboxylic acid groups (broad SMARTS) is 1. The maximum atomic E-state index is 12.1. The van der Waals surface area contributed by atoms with Crippen molar-refractivity contribution in [3.8, 4) is 0 Å². The first-order chi connectivity index (χ1) is 14.8. The van der Waals surface area contributed by atoms with Gasteiger partial charge in [-0.25, -0.2) is 9.59 Å². The largest absolute Gasteiger partial charge is 0.478 e. The van der Waals surface area contributed by atoms with E-state index < -0.39 is 17.8 Å². The standard InChI is InChI=1S/C22H22N2O6S/c1-3-30-22(29)15-4-6-16(7-5-15)24-20(26)13-31-18-10-8-17(9-11-18)23-19(25)12-14(2)21(27)28/h4-12H,3,13H2,1-2H3,(H,23,25)(H,24,26)(H,27,28). The number of hydrogen-bond acceptors (Lipinski definition) is 6. The number of anilines is 2. The minimum absolute atomic E-state index is 0.0637.